The fourth-order valence-electron chi connectivity index (χ4n) is 2.03. The summed E-state index contributed by atoms with van der Waals surface area (Å²) < 4.78 is 5.30. The highest BCUT2D eigenvalue weighted by Crippen LogP contribution is 2.13. The Morgan fingerprint density at radius 1 is 1.27 bits per heavy atom. The molecule has 2 aromatic heterocycles. The molecule has 6 nitrogen and oxygen atoms in total. The van der Waals surface area contributed by atoms with E-state index < -0.39 is 0 Å². The molecule has 0 unspecified atom stereocenters. The maximum atomic E-state index is 11.9. The van der Waals surface area contributed by atoms with Gasteiger partial charge in [-0.1, -0.05) is 6.07 Å². The normalized spacial score (nSPS) is 10.3. The molecule has 0 atom stereocenters. The van der Waals surface area contributed by atoms with Crippen LogP contribution in [-0.2, 0) is 11.3 Å². The molecular formula is C16H19N3O3. The number of aryl methyl sites for hydroxylation is 2. The van der Waals surface area contributed by atoms with Gasteiger partial charge in [0.15, 0.2) is 0 Å². The maximum absolute atomic E-state index is 11.9. The maximum Gasteiger partial charge on any atom is 0.254 e. The number of rotatable bonds is 6. The lowest BCUT2D eigenvalue weighted by molar-refractivity contribution is -0.121. The van der Waals surface area contributed by atoms with Crippen LogP contribution in [0.2, 0.25) is 0 Å². The number of carbonyl (C=O) groups is 2. The summed E-state index contributed by atoms with van der Waals surface area (Å²) in [4.78, 5) is 27.6. The van der Waals surface area contributed by atoms with E-state index in [1.807, 2.05) is 12.1 Å². The largest absolute Gasteiger partial charge is 0.466 e. The van der Waals surface area contributed by atoms with Gasteiger partial charge in [-0.25, -0.2) is 0 Å². The van der Waals surface area contributed by atoms with Crippen molar-refractivity contribution in [2.24, 2.45) is 0 Å². The molecule has 0 aliphatic rings. The number of carbonyl (C=O) groups excluding carboxylic acids is 2. The molecule has 0 saturated heterocycles. The molecule has 2 heterocycles. The van der Waals surface area contributed by atoms with E-state index in [0.29, 0.717) is 23.6 Å². The molecule has 0 aliphatic heterocycles. The fraction of sp³-hybridized carbons (Fsp3) is 0.312. The molecule has 0 saturated carbocycles. The van der Waals surface area contributed by atoms with Crippen molar-refractivity contribution in [1.82, 2.24) is 15.6 Å². The number of amides is 2. The Morgan fingerprint density at radius 2 is 2.09 bits per heavy atom. The Morgan fingerprint density at radius 3 is 2.73 bits per heavy atom. The van der Waals surface area contributed by atoms with Crippen molar-refractivity contribution in [2.45, 2.75) is 26.8 Å². The predicted octanol–water partition coefficient (Wildman–Crippen LogP) is 1.73. The van der Waals surface area contributed by atoms with Gasteiger partial charge in [0.25, 0.3) is 5.91 Å². The van der Waals surface area contributed by atoms with Crippen molar-refractivity contribution in [2.75, 3.05) is 6.54 Å². The first kappa shape index (κ1) is 15.8. The zero-order valence-electron chi connectivity index (χ0n) is 12.7. The Labute approximate surface area is 128 Å². The molecule has 6 heteroatoms. The monoisotopic (exact) mass is 301 g/mol. The molecule has 116 valence electrons. The summed E-state index contributed by atoms with van der Waals surface area (Å²) in [6.45, 7) is 4.24. The Hall–Kier alpha value is -2.63. The van der Waals surface area contributed by atoms with Gasteiger partial charge in [0.05, 0.1) is 5.56 Å². The van der Waals surface area contributed by atoms with Gasteiger partial charge < -0.3 is 15.1 Å². The molecule has 0 fully saturated rings. The number of nitrogens with zero attached hydrogens (tertiary/aromatic N) is 1. The molecule has 0 aromatic carbocycles. The molecule has 22 heavy (non-hydrogen) atoms. The highest BCUT2D eigenvalue weighted by atomic mass is 16.3. The molecule has 2 amide bonds. The van der Waals surface area contributed by atoms with E-state index in [0.717, 1.165) is 5.56 Å². The molecule has 2 N–H and O–H groups in total. The highest BCUT2D eigenvalue weighted by molar-refractivity contribution is 5.95. The van der Waals surface area contributed by atoms with Crippen LogP contribution in [-0.4, -0.2) is 23.3 Å². The van der Waals surface area contributed by atoms with E-state index in [-0.39, 0.29) is 24.8 Å². The second-order valence-electron chi connectivity index (χ2n) is 4.97. The van der Waals surface area contributed by atoms with Crippen LogP contribution in [0.25, 0.3) is 0 Å². The predicted molar refractivity (Wildman–Crippen MR) is 81.2 cm³/mol. The van der Waals surface area contributed by atoms with E-state index in [4.69, 9.17) is 4.42 Å². The summed E-state index contributed by atoms with van der Waals surface area (Å²) in [6.07, 6.45) is 3.61. The van der Waals surface area contributed by atoms with Crippen LogP contribution < -0.4 is 10.6 Å². The number of nitrogens with one attached hydrogen (secondary N) is 2. The van der Waals surface area contributed by atoms with E-state index in [2.05, 4.69) is 15.6 Å². The van der Waals surface area contributed by atoms with Crippen LogP contribution >= 0.6 is 0 Å². The van der Waals surface area contributed by atoms with Crippen molar-refractivity contribution in [3.05, 3.63) is 53.2 Å². The SMILES string of the molecule is Cc1cc(C(=O)NCCC(=O)NCc2cccnc2)c(C)o1. The lowest BCUT2D eigenvalue weighted by Crippen LogP contribution is -2.30. The summed E-state index contributed by atoms with van der Waals surface area (Å²) in [7, 11) is 0. The topological polar surface area (TPSA) is 84.2 Å². The van der Waals surface area contributed by atoms with Gasteiger partial charge >= 0.3 is 0 Å². The van der Waals surface area contributed by atoms with Gasteiger partial charge in [-0.2, -0.15) is 0 Å². The van der Waals surface area contributed by atoms with Crippen molar-refractivity contribution in [1.29, 1.82) is 0 Å². The van der Waals surface area contributed by atoms with Crippen LogP contribution in [0.15, 0.2) is 35.0 Å². The third-order valence-corrected chi connectivity index (χ3v) is 3.14. The van der Waals surface area contributed by atoms with E-state index in [9.17, 15) is 9.59 Å². The summed E-state index contributed by atoms with van der Waals surface area (Å²) in [6, 6.07) is 5.39. The molecule has 0 bridgehead atoms. The van der Waals surface area contributed by atoms with E-state index >= 15 is 0 Å². The van der Waals surface area contributed by atoms with Gasteiger partial charge in [0.2, 0.25) is 5.91 Å². The van der Waals surface area contributed by atoms with Gasteiger partial charge in [-0.05, 0) is 31.5 Å². The summed E-state index contributed by atoms with van der Waals surface area (Å²) in [5.41, 5.74) is 1.44. The number of furan rings is 1. The molecule has 2 aromatic rings. The van der Waals surface area contributed by atoms with Crippen molar-refractivity contribution in [3.8, 4) is 0 Å². The van der Waals surface area contributed by atoms with Crippen LogP contribution in [0.3, 0.4) is 0 Å². The minimum atomic E-state index is -0.227. The number of aromatic nitrogens is 1. The van der Waals surface area contributed by atoms with Crippen molar-refractivity contribution in [3.63, 3.8) is 0 Å². The minimum Gasteiger partial charge on any atom is -0.466 e. The average Bonchev–Trinajstić information content (AvgIpc) is 2.85. The average molecular weight is 301 g/mol. The summed E-state index contributed by atoms with van der Waals surface area (Å²) >= 11 is 0. The first-order valence-electron chi connectivity index (χ1n) is 7.07. The Kier molecular flexibility index (Phi) is 5.30. The number of pyridine rings is 1. The molecule has 2 rings (SSSR count). The van der Waals surface area contributed by atoms with Gasteiger partial charge in [-0.15, -0.1) is 0 Å². The van der Waals surface area contributed by atoms with E-state index in [1.54, 1.807) is 32.3 Å². The summed E-state index contributed by atoms with van der Waals surface area (Å²) in [5, 5.41) is 5.49. The Bertz CT molecular complexity index is 650. The molecule has 0 aliphatic carbocycles. The number of hydrogen-bond donors (Lipinski definition) is 2. The Balaban J connectivity index is 1.71. The quantitative estimate of drug-likeness (QED) is 0.851. The van der Waals surface area contributed by atoms with Crippen molar-refractivity contribution < 1.29 is 14.0 Å². The molecular weight excluding hydrogens is 282 g/mol. The van der Waals surface area contributed by atoms with Crippen LogP contribution in [0, 0.1) is 13.8 Å². The number of hydrogen-bond acceptors (Lipinski definition) is 4. The van der Waals surface area contributed by atoms with Crippen LogP contribution in [0.4, 0.5) is 0 Å². The van der Waals surface area contributed by atoms with E-state index in [1.165, 1.54) is 0 Å². The lowest BCUT2D eigenvalue weighted by atomic mass is 10.2. The van der Waals surface area contributed by atoms with Gasteiger partial charge in [0, 0.05) is 31.9 Å². The van der Waals surface area contributed by atoms with Gasteiger partial charge in [-0.3, -0.25) is 14.6 Å². The zero-order valence-corrected chi connectivity index (χ0v) is 12.7. The smallest absolute Gasteiger partial charge is 0.254 e. The fourth-order valence-corrected chi connectivity index (χ4v) is 2.03. The van der Waals surface area contributed by atoms with Gasteiger partial charge in [0.1, 0.15) is 11.5 Å². The lowest BCUT2D eigenvalue weighted by Gasteiger charge is -2.06. The second-order valence-corrected chi connectivity index (χ2v) is 4.97. The summed E-state index contributed by atoms with van der Waals surface area (Å²) in [5.74, 6) is 0.923. The second kappa shape index (κ2) is 7.40. The standard InChI is InChI=1S/C16H19N3O3/c1-11-8-14(12(2)22-11)16(21)18-7-5-15(20)19-10-13-4-3-6-17-9-13/h3-4,6,8-9H,5,7,10H2,1-2H3,(H,18,21)(H,19,20). The van der Waals surface area contributed by atoms with Crippen LogP contribution in [0.5, 0.6) is 0 Å². The first-order chi connectivity index (χ1) is 10.6. The van der Waals surface area contributed by atoms with Crippen molar-refractivity contribution >= 4 is 11.8 Å². The molecule has 0 spiro atoms. The minimum absolute atomic E-state index is 0.121. The first-order valence-corrected chi connectivity index (χ1v) is 7.07. The molecule has 0 radical (unpaired) electrons. The third kappa shape index (κ3) is 4.44. The highest BCUT2D eigenvalue weighted by Gasteiger charge is 2.13. The zero-order chi connectivity index (χ0) is 15.9. The van der Waals surface area contributed by atoms with Crippen LogP contribution in [0.1, 0.15) is 33.9 Å². The third-order valence-electron chi connectivity index (χ3n) is 3.14.